The van der Waals surface area contributed by atoms with Gasteiger partial charge in [-0.05, 0) is 30.3 Å². The highest BCUT2D eigenvalue weighted by molar-refractivity contribution is 5.94. The minimum Gasteiger partial charge on any atom is -0.496 e. The molecule has 2 aromatic carbocycles. The number of nitrogens with one attached hydrogen (secondary N) is 1. The number of amides is 1. The molecular weight excluding hydrogens is 377 g/mol. The van der Waals surface area contributed by atoms with Gasteiger partial charge in [-0.25, -0.2) is 9.37 Å². The van der Waals surface area contributed by atoms with Gasteiger partial charge in [-0.15, -0.1) is 0 Å². The van der Waals surface area contributed by atoms with Crippen molar-refractivity contribution in [3.05, 3.63) is 59.8 Å². The molecule has 8 heteroatoms. The predicted molar refractivity (Wildman–Crippen MR) is 105 cm³/mol. The molecule has 7 nitrogen and oxygen atoms in total. The van der Waals surface area contributed by atoms with E-state index in [1.165, 1.54) is 12.1 Å². The van der Waals surface area contributed by atoms with Crippen molar-refractivity contribution in [2.45, 2.75) is 12.3 Å². The predicted octanol–water partition coefficient (Wildman–Crippen LogP) is 3.51. The van der Waals surface area contributed by atoms with Gasteiger partial charge in [-0.3, -0.25) is 9.36 Å². The highest BCUT2D eigenvalue weighted by Crippen LogP contribution is 2.44. The minimum absolute atomic E-state index is 0.150. The monoisotopic (exact) mass is 397 g/mol. The van der Waals surface area contributed by atoms with Crippen molar-refractivity contribution in [1.29, 1.82) is 0 Å². The van der Waals surface area contributed by atoms with Gasteiger partial charge in [0, 0.05) is 29.7 Å². The Morgan fingerprint density at radius 2 is 1.69 bits per heavy atom. The number of nitrogens with zero attached hydrogens (tertiary/aromatic N) is 2. The van der Waals surface area contributed by atoms with Crippen molar-refractivity contribution in [2.24, 2.45) is 0 Å². The quantitative estimate of drug-likeness (QED) is 0.713. The average molecular weight is 397 g/mol. The van der Waals surface area contributed by atoms with Crippen LogP contribution in [-0.4, -0.2) is 36.8 Å². The third-order valence-electron chi connectivity index (χ3n) is 4.99. The Kier molecular flexibility index (Phi) is 4.84. The van der Waals surface area contributed by atoms with E-state index in [-0.39, 0.29) is 24.1 Å². The zero-order valence-electron chi connectivity index (χ0n) is 16.2. The van der Waals surface area contributed by atoms with Crippen molar-refractivity contribution < 1.29 is 23.4 Å². The van der Waals surface area contributed by atoms with Crippen molar-refractivity contribution in [2.75, 3.05) is 26.6 Å². The van der Waals surface area contributed by atoms with E-state index >= 15 is 0 Å². The first kappa shape index (κ1) is 18.8. The Morgan fingerprint density at radius 1 is 1.03 bits per heavy atom. The van der Waals surface area contributed by atoms with Crippen molar-refractivity contribution in [1.82, 2.24) is 9.55 Å². The molecule has 29 heavy (non-hydrogen) atoms. The van der Waals surface area contributed by atoms with E-state index in [1.807, 2.05) is 6.07 Å². The van der Waals surface area contributed by atoms with Gasteiger partial charge in [0.25, 0.3) is 0 Å². The summed E-state index contributed by atoms with van der Waals surface area (Å²) in [7, 11) is 4.66. The largest absolute Gasteiger partial charge is 0.496 e. The van der Waals surface area contributed by atoms with Gasteiger partial charge in [0.2, 0.25) is 5.91 Å². The highest BCUT2D eigenvalue weighted by Gasteiger charge is 2.33. The zero-order chi connectivity index (χ0) is 20.5. The van der Waals surface area contributed by atoms with Crippen LogP contribution in [-0.2, 0) is 4.79 Å². The van der Waals surface area contributed by atoms with E-state index in [2.05, 4.69) is 10.3 Å². The molecule has 2 heterocycles. The number of rotatable bonds is 5. The van der Waals surface area contributed by atoms with E-state index in [9.17, 15) is 9.18 Å². The molecule has 1 atom stereocenters. The van der Waals surface area contributed by atoms with E-state index in [0.717, 1.165) is 5.56 Å². The molecule has 0 saturated carbocycles. The number of carbonyl (C=O) groups excluding carboxylic acids is 1. The van der Waals surface area contributed by atoms with Crippen LogP contribution in [0.2, 0.25) is 0 Å². The van der Waals surface area contributed by atoms with Crippen LogP contribution in [0.1, 0.15) is 23.6 Å². The molecular formula is C21H20FN3O4. The topological polar surface area (TPSA) is 74.6 Å². The Balaban J connectivity index is 1.84. The molecule has 0 saturated heterocycles. The van der Waals surface area contributed by atoms with Crippen LogP contribution in [0.25, 0.3) is 5.69 Å². The van der Waals surface area contributed by atoms with Gasteiger partial charge in [-0.2, -0.15) is 0 Å². The summed E-state index contributed by atoms with van der Waals surface area (Å²) in [6.07, 6.45) is 1.82. The molecule has 1 aliphatic rings. The number of halogens is 1. The van der Waals surface area contributed by atoms with Crippen LogP contribution >= 0.6 is 0 Å². The highest BCUT2D eigenvalue weighted by atomic mass is 19.1. The van der Waals surface area contributed by atoms with Crippen LogP contribution < -0.4 is 19.5 Å². The van der Waals surface area contributed by atoms with Gasteiger partial charge in [0.1, 0.15) is 23.7 Å². The van der Waals surface area contributed by atoms with E-state index in [4.69, 9.17) is 14.2 Å². The van der Waals surface area contributed by atoms with Crippen molar-refractivity contribution in [3.8, 4) is 22.9 Å². The second kappa shape index (κ2) is 7.46. The first-order valence-corrected chi connectivity index (χ1v) is 8.98. The second-order valence-corrected chi connectivity index (χ2v) is 6.58. The molecule has 0 bridgehead atoms. The van der Waals surface area contributed by atoms with Crippen LogP contribution in [0.15, 0.2) is 42.7 Å². The third kappa shape index (κ3) is 3.26. The molecule has 0 radical (unpaired) electrons. The first-order chi connectivity index (χ1) is 14.0. The molecule has 3 aromatic rings. The first-order valence-electron chi connectivity index (χ1n) is 8.98. The average Bonchev–Trinajstić information content (AvgIpc) is 3.16. The summed E-state index contributed by atoms with van der Waals surface area (Å²) in [4.78, 5) is 17.1. The summed E-state index contributed by atoms with van der Waals surface area (Å²) in [6.45, 7) is 0. The normalized spacial score (nSPS) is 15.4. The smallest absolute Gasteiger partial charge is 0.226 e. The lowest BCUT2D eigenvalue weighted by Gasteiger charge is -2.25. The van der Waals surface area contributed by atoms with E-state index < -0.39 is 0 Å². The van der Waals surface area contributed by atoms with Crippen LogP contribution in [0.5, 0.6) is 17.2 Å². The Labute approximate surface area is 167 Å². The molecule has 1 aromatic heterocycles. The molecule has 4 rings (SSSR count). The maximum Gasteiger partial charge on any atom is 0.226 e. The maximum absolute atomic E-state index is 13.3. The Hall–Kier alpha value is -3.55. The van der Waals surface area contributed by atoms with Crippen molar-refractivity contribution in [3.63, 3.8) is 0 Å². The number of methoxy groups -OCH3 is 3. The van der Waals surface area contributed by atoms with E-state index in [0.29, 0.717) is 34.4 Å². The van der Waals surface area contributed by atoms with Crippen LogP contribution in [0.4, 0.5) is 10.2 Å². The molecule has 1 unspecified atom stereocenters. The fraction of sp³-hybridized carbons (Fsp3) is 0.238. The van der Waals surface area contributed by atoms with Crippen molar-refractivity contribution >= 4 is 11.7 Å². The fourth-order valence-corrected chi connectivity index (χ4v) is 3.59. The lowest BCUT2D eigenvalue weighted by molar-refractivity contribution is -0.116. The van der Waals surface area contributed by atoms with Gasteiger partial charge in [-0.1, -0.05) is 0 Å². The van der Waals surface area contributed by atoms with Crippen LogP contribution in [0.3, 0.4) is 0 Å². The van der Waals surface area contributed by atoms with E-state index in [1.54, 1.807) is 50.4 Å². The number of anilines is 1. The summed E-state index contributed by atoms with van der Waals surface area (Å²) < 4.78 is 31.4. The summed E-state index contributed by atoms with van der Waals surface area (Å²) in [6, 6.07) is 9.52. The number of carbonyl (C=O) groups is 1. The molecule has 0 fully saturated rings. The number of hydrogen-bond acceptors (Lipinski definition) is 5. The van der Waals surface area contributed by atoms with Gasteiger partial charge >= 0.3 is 0 Å². The summed E-state index contributed by atoms with van der Waals surface area (Å²) in [5.41, 5.74) is 2.16. The molecule has 150 valence electrons. The molecule has 0 spiro atoms. The zero-order valence-corrected chi connectivity index (χ0v) is 16.2. The van der Waals surface area contributed by atoms with Gasteiger partial charge in [0.15, 0.2) is 11.5 Å². The SMILES string of the molecule is COc1cc(OC)c(C2CC(=O)Nc3c2ncn3-c2ccc(F)cc2)cc1OC. The second-order valence-electron chi connectivity index (χ2n) is 6.58. The Bertz CT molecular complexity index is 1060. The number of aromatic nitrogens is 2. The third-order valence-corrected chi connectivity index (χ3v) is 4.99. The molecule has 0 aliphatic carbocycles. The lowest BCUT2D eigenvalue weighted by atomic mass is 9.88. The fourth-order valence-electron chi connectivity index (χ4n) is 3.59. The number of hydrogen-bond donors (Lipinski definition) is 1. The molecule has 1 amide bonds. The summed E-state index contributed by atoms with van der Waals surface area (Å²) in [5.74, 6) is 1.37. The number of benzene rings is 2. The molecule has 1 N–H and O–H groups in total. The maximum atomic E-state index is 13.3. The standard InChI is InChI=1S/C21H20FN3O4/c1-27-16-10-18(29-3)17(28-2)8-14(16)15-9-19(26)24-21-20(15)23-11-25(21)13-6-4-12(22)5-7-13/h4-8,10-11,15H,9H2,1-3H3,(H,24,26). The Morgan fingerprint density at radius 3 is 2.34 bits per heavy atom. The lowest BCUT2D eigenvalue weighted by Crippen LogP contribution is -2.25. The number of fused-ring (bicyclic) bond motifs is 1. The number of ether oxygens (including phenoxy) is 3. The van der Waals surface area contributed by atoms with Gasteiger partial charge in [0.05, 0.1) is 27.0 Å². The van der Waals surface area contributed by atoms with Crippen LogP contribution in [0, 0.1) is 5.82 Å². The van der Waals surface area contributed by atoms with Gasteiger partial charge < -0.3 is 19.5 Å². The summed E-state index contributed by atoms with van der Waals surface area (Å²) in [5, 5.41) is 2.88. The number of imidazole rings is 1. The summed E-state index contributed by atoms with van der Waals surface area (Å²) >= 11 is 0. The molecule has 1 aliphatic heterocycles. The minimum atomic E-state index is -0.338.